The predicted molar refractivity (Wildman–Crippen MR) is 64.7 cm³/mol. The van der Waals surface area contributed by atoms with Gasteiger partial charge in [-0.1, -0.05) is 12.1 Å². The van der Waals surface area contributed by atoms with Gasteiger partial charge in [-0.25, -0.2) is 0 Å². The fourth-order valence-corrected chi connectivity index (χ4v) is 1.56. The normalized spacial score (nSPS) is 10.5. The molecule has 1 amide bonds. The zero-order chi connectivity index (χ0) is 12.4. The SMILES string of the molecule is CN(C)C(=O)Cn1ncc(=O)c2ccccc21. The number of carbonyl (C=O) groups is 1. The number of nitrogens with zero attached hydrogens (tertiary/aromatic N) is 3. The molecule has 17 heavy (non-hydrogen) atoms. The molecule has 0 bridgehead atoms. The number of aromatic nitrogens is 2. The van der Waals surface area contributed by atoms with Crippen molar-refractivity contribution in [2.75, 3.05) is 14.1 Å². The van der Waals surface area contributed by atoms with E-state index in [0.717, 1.165) is 0 Å². The first-order valence-electron chi connectivity index (χ1n) is 5.24. The van der Waals surface area contributed by atoms with E-state index in [9.17, 15) is 9.59 Å². The zero-order valence-corrected chi connectivity index (χ0v) is 9.75. The summed E-state index contributed by atoms with van der Waals surface area (Å²) < 4.78 is 1.54. The molecule has 2 rings (SSSR count). The second-order valence-corrected chi connectivity index (χ2v) is 3.97. The minimum atomic E-state index is -0.130. The molecule has 0 aliphatic rings. The Morgan fingerprint density at radius 1 is 1.35 bits per heavy atom. The van der Waals surface area contributed by atoms with Gasteiger partial charge in [0.25, 0.3) is 0 Å². The molecule has 0 saturated carbocycles. The van der Waals surface area contributed by atoms with Gasteiger partial charge in [-0.05, 0) is 12.1 Å². The molecule has 1 aromatic carbocycles. The number of carbonyl (C=O) groups excluding carboxylic acids is 1. The Morgan fingerprint density at radius 3 is 2.76 bits per heavy atom. The number of benzene rings is 1. The highest BCUT2D eigenvalue weighted by molar-refractivity contribution is 5.81. The van der Waals surface area contributed by atoms with Crippen LogP contribution in [-0.4, -0.2) is 34.7 Å². The fourth-order valence-electron chi connectivity index (χ4n) is 1.56. The molecule has 0 N–H and O–H groups in total. The van der Waals surface area contributed by atoms with E-state index in [-0.39, 0.29) is 17.9 Å². The molecule has 0 atom stereocenters. The lowest BCUT2D eigenvalue weighted by molar-refractivity contribution is -0.129. The first-order valence-corrected chi connectivity index (χ1v) is 5.24. The van der Waals surface area contributed by atoms with Gasteiger partial charge in [0.15, 0.2) is 0 Å². The Balaban J connectivity index is 2.52. The van der Waals surface area contributed by atoms with Crippen molar-refractivity contribution < 1.29 is 4.79 Å². The van der Waals surface area contributed by atoms with Crippen LogP contribution in [0.4, 0.5) is 0 Å². The largest absolute Gasteiger partial charge is 0.347 e. The molecular formula is C12H13N3O2. The number of para-hydroxylation sites is 1. The van der Waals surface area contributed by atoms with Crippen LogP contribution in [0.15, 0.2) is 35.3 Å². The molecule has 0 radical (unpaired) electrons. The van der Waals surface area contributed by atoms with Crippen molar-refractivity contribution in [3.63, 3.8) is 0 Å². The Labute approximate surface area is 98.3 Å². The summed E-state index contributed by atoms with van der Waals surface area (Å²) in [5.74, 6) is -0.0636. The quantitative estimate of drug-likeness (QED) is 0.755. The maximum Gasteiger partial charge on any atom is 0.243 e. The van der Waals surface area contributed by atoms with E-state index < -0.39 is 0 Å². The predicted octanol–water partition coefficient (Wildman–Crippen LogP) is 0.485. The Kier molecular flexibility index (Phi) is 2.91. The number of likely N-dealkylation sites (N-methyl/N-ethyl adjacent to an activating group) is 1. The highest BCUT2D eigenvalue weighted by atomic mass is 16.2. The number of hydrogen-bond acceptors (Lipinski definition) is 3. The molecular weight excluding hydrogens is 218 g/mol. The summed E-state index contributed by atoms with van der Waals surface area (Å²) in [6.07, 6.45) is 1.24. The summed E-state index contributed by atoms with van der Waals surface area (Å²) in [7, 11) is 3.38. The van der Waals surface area contributed by atoms with E-state index in [1.807, 2.05) is 6.07 Å². The summed E-state index contributed by atoms with van der Waals surface area (Å²) in [5.41, 5.74) is 0.546. The lowest BCUT2D eigenvalue weighted by Gasteiger charge is -2.12. The standard InChI is InChI=1S/C12H13N3O2/c1-14(2)12(17)8-15-10-6-4-3-5-9(10)11(16)7-13-15/h3-7H,8H2,1-2H3. The molecule has 0 spiro atoms. The molecule has 2 aromatic rings. The average Bonchev–Trinajstić information content (AvgIpc) is 2.33. The van der Waals surface area contributed by atoms with Crippen molar-refractivity contribution in [3.05, 3.63) is 40.7 Å². The molecule has 5 nitrogen and oxygen atoms in total. The third-order valence-corrected chi connectivity index (χ3v) is 2.55. The molecule has 88 valence electrons. The average molecular weight is 231 g/mol. The molecule has 1 aromatic heterocycles. The van der Waals surface area contributed by atoms with Crippen LogP contribution in [0.3, 0.4) is 0 Å². The van der Waals surface area contributed by atoms with Crippen molar-refractivity contribution in [1.29, 1.82) is 0 Å². The van der Waals surface area contributed by atoms with E-state index >= 15 is 0 Å². The minimum absolute atomic E-state index is 0.0636. The fraction of sp³-hybridized carbons (Fsp3) is 0.250. The Morgan fingerprint density at radius 2 is 2.06 bits per heavy atom. The summed E-state index contributed by atoms with van der Waals surface area (Å²) in [6.45, 7) is 0.133. The van der Waals surface area contributed by atoms with Crippen LogP contribution in [0.5, 0.6) is 0 Å². The van der Waals surface area contributed by atoms with Crippen LogP contribution in [-0.2, 0) is 11.3 Å². The second-order valence-electron chi connectivity index (χ2n) is 3.97. The van der Waals surface area contributed by atoms with E-state index in [1.54, 1.807) is 37.0 Å². The highest BCUT2D eigenvalue weighted by Gasteiger charge is 2.08. The van der Waals surface area contributed by atoms with Crippen molar-refractivity contribution in [2.45, 2.75) is 6.54 Å². The van der Waals surface area contributed by atoms with Crippen LogP contribution < -0.4 is 5.43 Å². The second kappa shape index (κ2) is 4.37. The monoisotopic (exact) mass is 231 g/mol. The van der Waals surface area contributed by atoms with Crippen molar-refractivity contribution in [3.8, 4) is 0 Å². The number of rotatable bonds is 2. The van der Waals surface area contributed by atoms with Gasteiger partial charge < -0.3 is 4.90 Å². The molecule has 0 fully saturated rings. The van der Waals surface area contributed by atoms with Crippen molar-refractivity contribution in [1.82, 2.24) is 14.7 Å². The van der Waals surface area contributed by atoms with E-state index in [4.69, 9.17) is 0 Å². The van der Waals surface area contributed by atoms with Gasteiger partial charge in [-0.2, -0.15) is 5.10 Å². The van der Waals surface area contributed by atoms with Crippen molar-refractivity contribution >= 4 is 16.8 Å². The Hall–Kier alpha value is -2.17. The lowest BCUT2D eigenvalue weighted by Crippen LogP contribution is -2.28. The van der Waals surface area contributed by atoms with Crippen LogP contribution in [0.25, 0.3) is 10.9 Å². The highest BCUT2D eigenvalue weighted by Crippen LogP contribution is 2.07. The molecule has 0 unspecified atom stereocenters. The topological polar surface area (TPSA) is 55.2 Å². The molecule has 0 aliphatic heterocycles. The smallest absolute Gasteiger partial charge is 0.243 e. The van der Waals surface area contributed by atoms with Gasteiger partial charge in [0.1, 0.15) is 6.54 Å². The van der Waals surface area contributed by atoms with Gasteiger partial charge >= 0.3 is 0 Å². The zero-order valence-electron chi connectivity index (χ0n) is 9.75. The van der Waals surface area contributed by atoms with Crippen LogP contribution in [0.1, 0.15) is 0 Å². The lowest BCUT2D eigenvalue weighted by atomic mass is 10.2. The first kappa shape index (κ1) is 11.3. The maximum atomic E-state index is 11.6. The summed E-state index contributed by atoms with van der Waals surface area (Å²) in [4.78, 5) is 24.7. The summed E-state index contributed by atoms with van der Waals surface area (Å²) >= 11 is 0. The van der Waals surface area contributed by atoms with Gasteiger partial charge in [-0.15, -0.1) is 0 Å². The Bertz CT molecular complexity index is 616. The van der Waals surface area contributed by atoms with Gasteiger partial charge in [0.05, 0.1) is 11.7 Å². The van der Waals surface area contributed by atoms with Crippen molar-refractivity contribution in [2.24, 2.45) is 0 Å². The van der Waals surface area contributed by atoms with E-state index in [0.29, 0.717) is 10.9 Å². The summed E-state index contributed by atoms with van der Waals surface area (Å²) in [6, 6.07) is 7.13. The van der Waals surface area contributed by atoms with Gasteiger partial charge in [0, 0.05) is 19.5 Å². The molecule has 1 heterocycles. The van der Waals surface area contributed by atoms with Gasteiger partial charge in [0.2, 0.25) is 11.3 Å². The molecule has 0 saturated heterocycles. The van der Waals surface area contributed by atoms with Crippen LogP contribution in [0.2, 0.25) is 0 Å². The summed E-state index contributed by atoms with van der Waals surface area (Å²) in [5, 5.41) is 4.56. The first-order chi connectivity index (χ1) is 8.09. The number of amides is 1. The third-order valence-electron chi connectivity index (χ3n) is 2.55. The maximum absolute atomic E-state index is 11.6. The van der Waals surface area contributed by atoms with Crippen LogP contribution in [0, 0.1) is 0 Å². The molecule has 0 aliphatic carbocycles. The number of fused-ring (bicyclic) bond motifs is 1. The third kappa shape index (κ3) is 2.18. The van der Waals surface area contributed by atoms with Gasteiger partial charge in [-0.3, -0.25) is 14.3 Å². The van der Waals surface area contributed by atoms with E-state index in [1.165, 1.54) is 11.1 Å². The van der Waals surface area contributed by atoms with Crippen LogP contribution >= 0.6 is 0 Å². The van der Waals surface area contributed by atoms with E-state index in [2.05, 4.69) is 5.10 Å². The molecule has 5 heteroatoms. The minimum Gasteiger partial charge on any atom is -0.347 e. The number of hydrogen-bond donors (Lipinski definition) is 0.